The maximum Gasteiger partial charge on any atom is 0.331 e. The van der Waals surface area contributed by atoms with Crippen LogP contribution in [0.1, 0.15) is 33.6 Å². The fourth-order valence-electron chi connectivity index (χ4n) is 2.15. The first-order valence-electron chi connectivity index (χ1n) is 6.76. The van der Waals surface area contributed by atoms with Gasteiger partial charge >= 0.3 is 12.0 Å². The van der Waals surface area contributed by atoms with Crippen LogP contribution >= 0.6 is 0 Å². The zero-order valence-corrected chi connectivity index (χ0v) is 12.9. The summed E-state index contributed by atoms with van der Waals surface area (Å²) in [5.41, 5.74) is -0.483. The third-order valence-corrected chi connectivity index (χ3v) is 3.88. The molecule has 21 heavy (non-hydrogen) atoms. The molecule has 0 saturated carbocycles. The van der Waals surface area contributed by atoms with Gasteiger partial charge in [0, 0.05) is 24.8 Å². The number of piperidine rings is 1. The number of rotatable bonds is 3. The second-order valence-electron chi connectivity index (χ2n) is 5.49. The topological polar surface area (TPSA) is 95.9 Å². The quantitative estimate of drug-likeness (QED) is 0.762. The van der Waals surface area contributed by atoms with E-state index < -0.39 is 23.5 Å². The standard InChI is InChI=1S/C14H22N2O5/c1-9(10(2)12(18)19)11(17)15-13(20)16-7-5-6-14(3,8-16)21-4/h5-8H2,1-4H3,(H,18,19)(H,15,17,20). The molecule has 0 aliphatic carbocycles. The normalized spacial score (nSPS) is 23.3. The molecule has 0 aromatic rings. The summed E-state index contributed by atoms with van der Waals surface area (Å²) < 4.78 is 5.39. The van der Waals surface area contributed by atoms with Crippen LogP contribution in [0.3, 0.4) is 0 Å². The molecule has 1 unspecified atom stereocenters. The van der Waals surface area contributed by atoms with E-state index in [9.17, 15) is 14.4 Å². The first kappa shape index (κ1) is 17.2. The highest BCUT2D eigenvalue weighted by Crippen LogP contribution is 2.23. The number of hydrogen-bond donors (Lipinski definition) is 2. The van der Waals surface area contributed by atoms with Crippen LogP contribution in [0.15, 0.2) is 11.1 Å². The van der Waals surface area contributed by atoms with E-state index in [-0.39, 0.29) is 11.1 Å². The number of methoxy groups -OCH3 is 1. The molecule has 1 aliphatic heterocycles. The predicted molar refractivity (Wildman–Crippen MR) is 75.8 cm³/mol. The molecule has 1 atom stereocenters. The van der Waals surface area contributed by atoms with Gasteiger partial charge in [-0.1, -0.05) is 0 Å². The van der Waals surface area contributed by atoms with Crippen molar-refractivity contribution in [2.45, 2.75) is 39.2 Å². The molecule has 0 aromatic heterocycles. The summed E-state index contributed by atoms with van der Waals surface area (Å²) in [6, 6.07) is -0.527. The number of carbonyl (C=O) groups excluding carboxylic acids is 2. The molecule has 1 heterocycles. The Balaban J connectivity index is 2.71. The number of nitrogens with one attached hydrogen (secondary N) is 1. The summed E-state index contributed by atoms with van der Waals surface area (Å²) >= 11 is 0. The van der Waals surface area contributed by atoms with Gasteiger partial charge in [-0.15, -0.1) is 0 Å². The molecular formula is C14H22N2O5. The fraction of sp³-hybridized carbons (Fsp3) is 0.643. The van der Waals surface area contributed by atoms with E-state index >= 15 is 0 Å². The van der Waals surface area contributed by atoms with Gasteiger partial charge in [0.1, 0.15) is 0 Å². The average molecular weight is 298 g/mol. The van der Waals surface area contributed by atoms with Crippen molar-refractivity contribution in [1.82, 2.24) is 10.2 Å². The molecule has 0 spiro atoms. The van der Waals surface area contributed by atoms with Crippen molar-refractivity contribution in [1.29, 1.82) is 0 Å². The number of ether oxygens (including phenoxy) is 1. The molecule has 0 radical (unpaired) electrons. The van der Waals surface area contributed by atoms with E-state index in [1.54, 1.807) is 7.11 Å². The van der Waals surface area contributed by atoms with E-state index in [4.69, 9.17) is 9.84 Å². The molecular weight excluding hydrogens is 276 g/mol. The highest BCUT2D eigenvalue weighted by Gasteiger charge is 2.33. The first-order chi connectivity index (χ1) is 9.70. The van der Waals surface area contributed by atoms with Gasteiger partial charge in [-0.3, -0.25) is 10.1 Å². The van der Waals surface area contributed by atoms with Crippen LogP contribution in [-0.4, -0.2) is 53.7 Å². The van der Waals surface area contributed by atoms with Crippen molar-refractivity contribution in [2.24, 2.45) is 0 Å². The van der Waals surface area contributed by atoms with Crippen LogP contribution < -0.4 is 5.32 Å². The summed E-state index contributed by atoms with van der Waals surface area (Å²) in [4.78, 5) is 36.3. The number of urea groups is 1. The van der Waals surface area contributed by atoms with Gasteiger partial charge in [0.2, 0.25) is 0 Å². The molecule has 7 heteroatoms. The lowest BCUT2D eigenvalue weighted by molar-refractivity contribution is -0.133. The second kappa shape index (κ2) is 6.71. The van der Waals surface area contributed by atoms with Crippen molar-refractivity contribution >= 4 is 17.9 Å². The van der Waals surface area contributed by atoms with Gasteiger partial charge in [-0.2, -0.15) is 0 Å². The van der Waals surface area contributed by atoms with Gasteiger partial charge < -0.3 is 14.7 Å². The molecule has 2 N–H and O–H groups in total. The summed E-state index contributed by atoms with van der Waals surface area (Å²) in [6.45, 7) is 5.54. The Morgan fingerprint density at radius 3 is 2.38 bits per heavy atom. The lowest BCUT2D eigenvalue weighted by Gasteiger charge is -2.39. The minimum atomic E-state index is -1.18. The van der Waals surface area contributed by atoms with E-state index in [0.29, 0.717) is 13.1 Å². The van der Waals surface area contributed by atoms with Crippen LogP contribution in [0.4, 0.5) is 4.79 Å². The number of nitrogens with zero attached hydrogens (tertiary/aromatic N) is 1. The van der Waals surface area contributed by atoms with Gasteiger partial charge in [-0.05, 0) is 33.6 Å². The van der Waals surface area contributed by atoms with Crippen molar-refractivity contribution in [3.8, 4) is 0 Å². The number of amides is 3. The highest BCUT2D eigenvalue weighted by molar-refractivity contribution is 6.07. The number of carboxylic acids is 1. The Morgan fingerprint density at radius 2 is 1.86 bits per heavy atom. The number of aliphatic carboxylic acids is 1. The summed E-state index contributed by atoms with van der Waals surface area (Å²) in [5.74, 6) is -1.87. The first-order valence-corrected chi connectivity index (χ1v) is 6.76. The number of carbonyl (C=O) groups is 3. The minimum absolute atomic E-state index is 0.0161. The van der Waals surface area contributed by atoms with E-state index in [1.165, 1.54) is 18.7 Å². The van der Waals surface area contributed by atoms with Crippen LogP contribution in [-0.2, 0) is 14.3 Å². The number of imide groups is 1. The van der Waals surface area contributed by atoms with Crippen molar-refractivity contribution in [3.05, 3.63) is 11.1 Å². The largest absolute Gasteiger partial charge is 0.478 e. The second-order valence-corrected chi connectivity index (χ2v) is 5.49. The maximum atomic E-state index is 12.1. The van der Waals surface area contributed by atoms with Crippen LogP contribution in [0, 0.1) is 0 Å². The Labute approximate surface area is 123 Å². The molecule has 1 aliphatic rings. The van der Waals surface area contributed by atoms with Crippen molar-refractivity contribution in [2.75, 3.05) is 20.2 Å². The number of hydrogen-bond acceptors (Lipinski definition) is 4. The molecule has 1 saturated heterocycles. The highest BCUT2D eigenvalue weighted by atomic mass is 16.5. The third kappa shape index (κ3) is 4.29. The zero-order valence-electron chi connectivity index (χ0n) is 12.9. The monoisotopic (exact) mass is 298 g/mol. The Kier molecular flexibility index (Phi) is 5.48. The Morgan fingerprint density at radius 1 is 1.24 bits per heavy atom. The molecule has 0 aromatic carbocycles. The Bertz CT molecular complexity index is 486. The molecule has 1 rings (SSSR count). The number of carboxylic acid groups (broad SMARTS) is 1. The van der Waals surface area contributed by atoms with Gasteiger partial charge in [0.15, 0.2) is 0 Å². The lowest BCUT2D eigenvalue weighted by Crippen LogP contribution is -2.53. The molecule has 3 amide bonds. The summed E-state index contributed by atoms with van der Waals surface area (Å²) in [5, 5.41) is 11.1. The van der Waals surface area contributed by atoms with Crippen LogP contribution in [0.25, 0.3) is 0 Å². The van der Waals surface area contributed by atoms with Gasteiger partial charge in [0.05, 0.1) is 12.1 Å². The molecule has 1 fully saturated rings. The molecule has 0 bridgehead atoms. The summed E-state index contributed by atoms with van der Waals surface area (Å²) in [6.07, 6.45) is 1.63. The smallest absolute Gasteiger partial charge is 0.331 e. The Hall–Kier alpha value is -1.89. The SMILES string of the molecule is COC1(C)CCCN(C(=O)NC(=O)C(C)=C(C)C(=O)O)C1. The van der Waals surface area contributed by atoms with Crippen molar-refractivity contribution < 1.29 is 24.2 Å². The van der Waals surface area contributed by atoms with E-state index in [2.05, 4.69) is 5.32 Å². The molecule has 118 valence electrons. The van der Waals surface area contributed by atoms with Gasteiger partial charge in [-0.25, -0.2) is 9.59 Å². The van der Waals surface area contributed by atoms with Crippen molar-refractivity contribution in [3.63, 3.8) is 0 Å². The fourth-order valence-corrected chi connectivity index (χ4v) is 2.15. The zero-order chi connectivity index (χ0) is 16.2. The third-order valence-electron chi connectivity index (χ3n) is 3.88. The van der Waals surface area contributed by atoms with Gasteiger partial charge in [0.25, 0.3) is 5.91 Å². The van der Waals surface area contributed by atoms with Crippen LogP contribution in [0.5, 0.6) is 0 Å². The minimum Gasteiger partial charge on any atom is -0.478 e. The average Bonchev–Trinajstić information content (AvgIpc) is 2.45. The number of likely N-dealkylation sites (tertiary alicyclic amines) is 1. The lowest BCUT2D eigenvalue weighted by atomic mass is 9.95. The van der Waals surface area contributed by atoms with Crippen LogP contribution in [0.2, 0.25) is 0 Å². The maximum absolute atomic E-state index is 12.1. The van der Waals surface area contributed by atoms with E-state index in [1.807, 2.05) is 6.92 Å². The molecule has 7 nitrogen and oxygen atoms in total. The van der Waals surface area contributed by atoms with E-state index in [0.717, 1.165) is 12.8 Å². The summed E-state index contributed by atoms with van der Waals surface area (Å²) in [7, 11) is 1.59. The predicted octanol–water partition coefficient (Wildman–Crippen LogP) is 1.14.